The van der Waals surface area contributed by atoms with Gasteiger partial charge in [0.15, 0.2) is 5.65 Å². The minimum Gasteiger partial charge on any atom is -0.497 e. The topological polar surface area (TPSA) is 73.9 Å². The number of nitrogens with zero attached hydrogens (tertiary/aromatic N) is 3. The number of methoxy groups -OCH3 is 1. The van der Waals surface area contributed by atoms with Crippen molar-refractivity contribution in [2.24, 2.45) is 0 Å². The number of benzene rings is 1. The Morgan fingerprint density at radius 1 is 1.12 bits per heavy atom. The molecule has 0 aliphatic rings. The molecule has 0 bridgehead atoms. The van der Waals surface area contributed by atoms with E-state index in [0.717, 1.165) is 39.3 Å². The van der Waals surface area contributed by atoms with Gasteiger partial charge < -0.3 is 10.5 Å². The Morgan fingerprint density at radius 3 is 2.84 bits per heavy atom. The van der Waals surface area contributed by atoms with Gasteiger partial charge in [0, 0.05) is 0 Å². The number of fused-ring (bicyclic) bond motifs is 1. The number of ether oxygens (including phenoxy) is 1. The van der Waals surface area contributed by atoms with Crippen LogP contribution in [-0.2, 0) is 6.42 Å². The van der Waals surface area contributed by atoms with E-state index >= 15 is 0 Å². The molecule has 0 spiro atoms. The van der Waals surface area contributed by atoms with E-state index in [1.165, 1.54) is 6.33 Å². The van der Waals surface area contributed by atoms with Crippen molar-refractivity contribution in [1.82, 2.24) is 15.0 Å². The maximum absolute atomic E-state index is 6.02. The van der Waals surface area contributed by atoms with E-state index in [-0.39, 0.29) is 0 Å². The van der Waals surface area contributed by atoms with Gasteiger partial charge in [-0.05, 0) is 47.2 Å². The van der Waals surface area contributed by atoms with Crippen LogP contribution in [0.2, 0.25) is 0 Å². The summed E-state index contributed by atoms with van der Waals surface area (Å²) in [5.41, 5.74) is 9.81. The lowest BCUT2D eigenvalue weighted by molar-refractivity contribution is 0.414. The molecule has 4 rings (SSSR count). The molecule has 25 heavy (non-hydrogen) atoms. The summed E-state index contributed by atoms with van der Waals surface area (Å²) in [6.07, 6.45) is 2.17. The van der Waals surface area contributed by atoms with E-state index in [4.69, 9.17) is 15.5 Å². The molecule has 3 heterocycles. The molecule has 0 saturated carbocycles. The molecule has 1 aromatic carbocycles. The standard InChI is InChI=1S/C19H16N4OS/c1-24-14-5-2-4-12(9-14)8-13-10-15-18(20)21-11-22-19(15)23-17(13)16-6-3-7-25-16/h2-7,9-11H,8H2,1H3,(H2,20,21,22,23). The first-order valence-corrected chi connectivity index (χ1v) is 8.69. The van der Waals surface area contributed by atoms with Crippen LogP contribution in [0.5, 0.6) is 5.75 Å². The molecule has 0 amide bonds. The van der Waals surface area contributed by atoms with Gasteiger partial charge in [0.25, 0.3) is 0 Å². The number of nitrogen functional groups attached to an aromatic ring is 1. The highest BCUT2D eigenvalue weighted by molar-refractivity contribution is 7.13. The van der Waals surface area contributed by atoms with E-state index < -0.39 is 0 Å². The number of nitrogens with two attached hydrogens (primary N) is 1. The van der Waals surface area contributed by atoms with Crippen LogP contribution in [0.15, 0.2) is 54.2 Å². The summed E-state index contributed by atoms with van der Waals surface area (Å²) in [6.45, 7) is 0. The molecular weight excluding hydrogens is 332 g/mol. The molecule has 5 nitrogen and oxygen atoms in total. The summed E-state index contributed by atoms with van der Waals surface area (Å²) in [7, 11) is 1.67. The van der Waals surface area contributed by atoms with E-state index in [1.807, 2.05) is 35.7 Å². The highest BCUT2D eigenvalue weighted by atomic mass is 32.1. The highest BCUT2D eigenvalue weighted by Crippen LogP contribution is 2.31. The number of rotatable bonds is 4. The summed E-state index contributed by atoms with van der Waals surface area (Å²) in [6, 6.07) is 14.2. The lowest BCUT2D eigenvalue weighted by atomic mass is 10.0. The third-order valence-electron chi connectivity index (χ3n) is 4.02. The SMILES string of the molecule is COc1cccc(Cc2cc3c(N)ncnc3nc2-c2cccs2)c1. The quantitative estimate of drug-likeness (QED) is 0.605. The van der Waals surface area contributed by atoms with Crippen molar-refractivity contribution in [1.29, 1.82) is 0 Å². The van der Waals surface area contributed by atoms with Gasteiger partial charge in [0.2, 0.25) is 0 Å². The second-order valence-electron chi connectivity index (χ2n) is 5.63. The lowest BCUT2D eigenvalue weighted by Crippen LogP contribution is -2.00. The predicted molar refractivity (Wildman–Crippen MR) is 101 cm³/mol. The largest absolute Gasteiger partial charge is 0.497 e. The van der Waals surface area contributed by atoms with Crippen LogP contribution in [0, 0.1) is 0 Å². The van der Waals surface area contributed by atoms with Gasteiger partial charge in [-0.15, -0.1) is 11.3 Å². The second-order valence-corrected chi connectivity index (χ2v) is 6.58. The minimum atomic E-state index is 0.446. The number of thiophene rings is 1. The van der Waals surface area contributed by atoms with Gasteiger partial charge >= 0.3 is 0 Å². The molecule has 124 valence electrons. The van der Waals surface area contributed by atoms with Gasteiger partial charge in [0.1, 0.15) is 17.9 Å². The molecule has 6 heteroatoms. The van der Waals surface area contributed by atoms with E-state index in [9.17, 15) is 0 Å². The fraction of sp³-hybridized carbons (Fsp3) is 0.105. The molecule has 0 fully saturated rings. The third kappa shape index (κ3) is 3.04. The zero-order valence-electron chi connectivity index (χ0n) is 13.6. The van der Waals surface area contributed by atoms with Crippen LogP contribution >= 0.6 is 11.3 Å². The first-order valence-electron chi connectivity index (χ1n) is 7.81. The number of aromatic nitrogens is 3. The maximum atomic E-state index is 6.02. The Labute approximate surface area is 149 Å². The average molecular weight is 348 g/mol. The second kappa shape index (κ2) is 6.49. The maximum Gasteiger partial charge on any atom is 0.165 e. The van der Waals surface area contributed by atoms with Crippen LogP contribution in [0.4, 0.5) is 5.82 Å². The smallest absolute Gasteiger partial charge is 0.165 e. The summed E-state index contributed by atoms with van der Waals surface area (Å²) in [4.78, 5) is 14.2. The molecule has 4 aromatic rings. The Hall–Kier alpha value is -2.99. The molecule has 0 aliphatic heterocycles. The first-order chi connectivity index (χ1) is 12.2. The van der Waals surface area contributed by atoms with Gasteiger partial charge in [-0.1, -0.05) is 18.2 Å². The molecule has 0 atom stereocenters. The molecular formula is C19H16N4OS. The summed E-state index contributed by atoms with van der Waals surface area (Å²) >= 11 is 1.66. The van der Waals surface area contributed by atoms with Crippen LogP contribution in [-0.4, -0.2) is 22.1 Å². The molecule has 0 unspecified atom stereocenters. The van der Waals surface area contributed by atoms with Crippen LogP contribution < -0.4 is 10.5 Å². The van der Waals surface area contributed by atoms with Gasteiger partial charge in [0.05, 0.1) is 23.1 Å². The minimum absolute atomic E-state index is 0.446. The van der Waals surface area contributed by atoms with Crippen LogP contribution in [0.25, 0.3) is 21.6 Å². The fourth-order valence-corrected chi connectivity index (χ4v) is 3.56. The average Bonchev–Trinajstić information content (AvgIpc) is 3.17. The van der Waals surface area contributed by atoms with Crippen molar-refractivity contribution in [2.75, 3.05) is 12.8 Å². The highest BCUT2D eigenvalue weighted by Gasteiger charge is 2.13. The Bertz CT molecular complexity index is 1030. The lowest BCUT2D eigenvalue weighted by Gasteiger charge is -2.11. The normalized spacial score (nSPS) is 10.9. The zero-order valence-corrected chi connectivity index (χ0v) is 14.5. The monoisotopic (exact) mass is 348 g/mol. The molecule has 0 aliphatic carbocycles. The summed E-state index contributed by atoms with van der Waals surface area (Å²) < 4.78 is 5.33. The fourth-order valence-electron chi connectivity index (χ4n) is 2.81. The van der Waals surface area contributed by atoms with Crippen molar-refractivity contribution in [3.05, 3.63) is 65.3 Å². The van der Waals surface area contributed by atoms with Crippen LogP contribution in [0.3, 0.4) is 0 Å². The van der Waals surface area contributed by atoms with Crippen LogP contribution in [0.1, 0.15) is 11.1 Å². The summed E-state index contributed by atoms with van der Waals surface area (Å²) in [5.74, 6) is 1.29. The first kappa shape index (κ1) is 15.5. The van der Waals surface area contributed by atoms with Crippen molar-refractivity contribution < 1.29 is 4.74 Å². The zero-order chi connectivity index (χ0) is 17.2. The van der Waals surface area contributed by atoms with Crippen molar-refractivity contribution in [3.63, 3.8) is 0 Å². The van der Waals surface area contributed by atoms with Gasteiger partial charge in [-0.25, -0.2) is 15.0 Å². The molecule has 0 radical (unpaired) electrons. The number of hydrogen-bond acceptors (Lipinski definition) is 6. The summed E-state index contributed by atoms with van der Waals surface area (Å²) in [5, 5.41) is 2.82. The molecule has 3 aromatic heterocycles. The number of anilines is 1. The van der Waals surface area contributed by atoms with Crippen molar-refractivity contribution >= 4 is 28.2 Å². The Balaban J connectivity index is 1.87. The predicted octanol–water partition coefficient (Wildman–Crippen LogP) is 3.93. The third-order valence-corrected chi connectivity index (χ3v) is 4.89. The van der Waals surface area contributed by atoms with Crippen molar-refractivity contribution in [2.45, 2.75) is 6.42 Å². The van der Waals surface area contributed by atoms with E-state index in [2.05, 4.69) is 22.1 Å². The van der Waals surface area contributed by atoms with Gasteiger partial charge in [-0.3, -0.25) is 0 Å². The molecule has 0 saturated heterocycles. The molecule has 2 N–H and O–H groups in total. The van der Waals surface area contributed by atoms with E-state index in [0.29, 0.717) is 11.5 Å². The number of pyridine rings is 1. The van der Waals surface area contributed by atoms with Crippen molar-refractivity contribution in [3.8, 4) is 16.3 Å². The van der Waals surface area contributed by atoms with Gasteiger partial charge in [-0.2, -0.15) is 0 Å². The van der Waals surface area contributed by atoms with E-state index in [1.54, 1.807) is 18.4 Å². The Morgan fingerprint density at radius 2 is 2.04 bits per heavy atom. The Kier molecular flexibility index (Phi) is 4.03. The number of hydrogen-bond donors (Lipinski definition) is 1.